The van der Waals surface area contributed by atoms with E-state index >= 15 is 0 Å². The number of para-hydroxylation sites is 1. The number of carboxylic acids is 1. The minimum atomic E-state index is -1.08. The van der Waals surface area contributed by atoms with Crippen LogP contribution in [0.4, 0.5) is 4.39 Å². The molecule has 1 heterocycles. The van der Waals surface area contributed by atoms with E-state index < -0.39 is 17.7 Å². The lowest BCUT2D eigenvalue weighted by atomic mass is 9.93. The van der Waals surface area contributed by atoms with Crippen molar-refractivity contribution in [3.8, 4) is 0 Å². The van der Waals surface area contributed by atoms with E-state index in [2.05, 4.69) is 4.98 Å². The van der Waals surface area contributed by atoms with Crippen LogP contribution < -0.4 is 0 Å². The van der Waals surface area contributed by atoms with Gasteiger partial charge in [-0.15, -0.1) is 0 Å². The maximum absolute atomic E-state index is 13.3. The molecule has 3 rings (SSSR count). The molecule has 1 unspecified atom stereocenters. The first-order valence-corrected chi connectivity index (χ1v) is 7.89. The van der Waals surface area contributed by atoms with Crippen molar-refractivity contribution in [2.45, 2.75) is 12.8 Å². The zero-order valence-corrected chi connectivity index (χ0v) is 13.4. The lowest BCUT2D eigenvalue weighted by molar-refractivity contribution is -0.141. The summed E-state index contributed by atoms with van der Waals surface area (Å²) in [5, 5.41) is 10.3. The Kier molecular flexibility index (Phi) is 4.84. The van der Waals surface area contributed by atoms with Gasteiger partial charge in [0.2, 0.25) is 0 Å². The molecular weight excluding hydrogens is 321 g/mol. The van der Waals surface area contributed by atoms with E-state index in [0.29, 0.717) is 11.1 Å². The van der Waals surface area contributed by atoms with Gasteiger partial charge in [-0.3, -0.25) is 9.59 Å². The van der Waals surface area contributed by atoms with Gasteiger partial charge in [0.1, 0.15) is 11.5 Å². The molecule has 4 nitrogen and oxygen atoms in total. The zero-order chi connectivity index (χ0) is 17.8. The number of rotatable bonds is 6. The highest BCUT2D eigenvalue weighted by molar-refractivity contribution is 5.98. The second-order valence-corrected chi connectivity index (χ2v) is 5.89. The van der Waals surface area contributed by atoms with Gasteiger partial charge in [0.15, 0.2) is 5.78 Å². The molecule has 0 aliphatic rings. The summed E-state index contributed by atoms with van der Waals surface area (Å²) in [6.07, 6.45) is -0.0936. The van der Waals surface area contributed by atoms with Crippen LogP contribution in [0.25, 0.3) is 10.9 Å². The topological polar surface area (TPSA) is 67.3 Å². The summed E-state index contributed by atoms with van der Waals surface area (Å²) in [6, 6.07) is 16.5. The van der Waals surface area contributed by atoms with Gasteiger partial charge in [0.05, 0.1) is 11.4 Å². The summed E-state index contributed by atoms with van der Waals surface area (Å²) >= 11 is 0. The molecule has 1 aromatic heterocycles. The number of pyridine rings is 1. The Balaban J connectivity index is 1.78. The average molecular weight is 337 g/mol. The summed E-state index contributed by atoms with van der Waals surface area (Å²) in [5.74, 6) is -2.78. The van der Waals surface area contributed by atoms with E-state index in [0.717, 1.165) is 5.39 Å². The molecular formula is C20H16FNO3. The Morgan fingerprint density at radius 2 is 1.84 bits per heavy atom. The number of nitrogens with zero attached hydrogens (tertiary/aromatic N) is 1. The van der Waals surface area contributed by atoms with Crippen LogP contribution in [0.15, 0.2) is 60.7 Å². The number of Topliss-reactive ketones (excluding diaryl/α,β-unsaturated/α-hetero) is 1. The number of hydrogen-bond donors (Lipinski definition) is 1. The molecule has 25 heavy (non-hydrogen) atoms. The molecule has 0 aliphatic carbocycles. The van der Waals surface area contributed by atoms with E-state index in [1.54, 1.807) is 24.3 Å². The highest BCUT2D eigenvalue weighted by Gasteiger charge is 2.23. The molecule has 5 heteroatoms. The van der Waals surface area contributed by atoms with Crippen LogP contribution in [-0.4, -0.2) is 21.8 Å². The highest BCUT2D eigenvalue weighted by atomic mass is 19.1. The Morgan fingerprint density at radius 3 is 2.60 bits per heavy atom. The first-order chi connectivity index (χ1) is 12.0. The summed E-state index contributed by atoms with van der Waals surface area (Å²) in [7, 11) is 0. The quantitative estimate of drug-likeness (QED) is 0.693. The average Bonchev–Trinajstić information content (AvgIpc) is 2.60. The van der Waals surface area contributed by atoms with E-state index in [4.69, 9.17) is 0 Å². The maximum atomic E-state index is 13.3. The fourth-order valence-electron chi connectivity index (χ4n) is 2.74. The van der Waals surface area contributed by atoms with Crippen molar-refractivity contribution < 1.29 is 19.1 Å². The molecule has 0 saturated carbocycles. The molecule has 0 saturated heterocycles. The third-order valence-electron chi connectivity index (χ3n) is 4.04. The van der Waals surface area contributed by atoms with Crippen LogP contribution >= 0.6 is 0 Å². The number of halogens is 1. The molecule has 126 valence electrons. The van der Waals surface area contributed by atoms with Crippen molar-refractivity contribution in [3.63, 3.8) is 0 Å². The predicted molar refractivity (Wildman–Crippen MR) is 91.9 cm³/mol. The molecule has 3 aromatic rings. The lowest BCUT2D eigenvalue weighted by Gasteiger charge is -2.12. The molecule has 2 aromatic carbocycles. The molecule has 0 aliphatic heterocycles. The number of fused-ring (bicyclic) bond motifs is 1. The maximum Gasteiger partial charge on any atom is 0.307 e. The number of carboxylic acid groups (broad SMARTS) is 1. The molecule has 1 atom stereocenters. The van der Waals surface area contributed by atoms with Crippen molar-refractivity contribution >= 4 is 22.7 Å². The Morgan fingerprint density at radius 1 is 1.04 bits per heavy atom. The van der Waals surface area contributed by atoms with E-state index in [-0.39, 0.29) is 24.3 Å². The van der Waals surface area contributed by atoms with Crippen LogP contribution in [0.2, 0.25) is 0 Å². The second-order valence-electron chi connectivity index (χ2n) is 5.89. The van der Waals surface area contributed by atoms with Crippen LogP contribution in [0, 0.1) is 11.7 Å². The summed E-state index contributed by atoms with van der Waals surface area (Å²) < 4.78 is 13.3. The smallest absolute Gasteiger partial charge is 0.307 e. The minimum absolute atomic E-state index is 0.0897. The van der Waals surface area contributed by atoms with E-state index in [1.165, 1.54) is 18.2 Å². The molecule has 0 spiro atoms. The minimum Gasteiger partial charge on any atom is -0.481 e. The number of carbonyl (C=O) groups is 2. The molecule has 0 bridgehead atoms. The van der Waals surface area contributed by atoms with Crippen molar-refractivity contribution in [1.82, 2.24) is 4.98 Å². The van der Waals surface area contributed by atoms with Gasteiger partial charge in [-0.25, -0.2) is 9.37 Å². The monoisotopic (exact) mass is 337 g/mol. The first-order valence-electron chi connectivity index (χ1n) is 7.89. The number of hydrogen-bond acceptors (Lipinski definition) is 3. The highest BCUT2D eigenvalue weighted by Crippen LogP contribution is 2.18. The van der Waals surface area contributed by atoms with E-state index in [9.17, 15) is 19.1 Å². The van der Waals surface area contributed by atoms with Crippen LogP contribution in [0.5, 0.6) is 0 Å². The third-order valence-corrected chi connectivity index (χ3v) is 4.04. The number of carbonyl (C=O) groups excluding carboxylic acids is 1. The second kappa shape index (κ2) is 7.21. The van der Waals surface area contributed by atoms with Gasteiger partial charge in [0, 0.05) is 11.8 Å². The summed E-state index contributed by atoms with van der Waals surface area (Å²) in [5.41, 5.74) is 1.47. The van der Waals surface area contributed by atoms with Gasteiger partial charge in [0.25, 0.3) is 0 Å². The fraction of sp³-hybridized carbons (Fsp3) is 0.150. The number of benzene rings is 2. The Bertz CT molecular complexity index is 939. The Hall–Kier alpha value is -3.08. The molecule has 1 N–H and O–H groups in total. The van der Waals surface area contributed by atoms with Gasteiger partial charge in [-0.05, 0) is 36.2 Å². The van der Waals surface area contributed by atoms with Gasteiger partial charge < -0.3 is 5.11 Å². The number of aromatic nitrogens is 1. The van der Waals surface area contributed by atoms with Crippen molar-refractivity contribution in [2.24, 2.45) is 5.92 Å². The lowest BCUT2D eigenvalue weighted by Crippen LogP contribution is -2.21. The summed E-state index contributed by atoms with van der Waals surface area (Å²) in [6.45, 7) is 0. The number of aliphatic carboxylic acids is 1. The number of ketones is 1. The van der Waals surface area contributed by atoms with Gasteiger partial charge in [-0.1, -0.05) is 36.4 Å². The van der Waals surface area contributed by atoms with Crippen LogP contribution in [0.3, 0.4) is 0 Å². The standard InChI is InChI=1S/C20H16FNO3/c21-16-6-3-4-13(11-16)10-15(20(24)25)12-19(23)18-9-8-14-5-1-2-7-17(14)22-18/h1-9,11,15H,10,12H2,(H,24,25). The van der Waals surface area contributed by atoms with Gasteiger partial charge >= 0.3 is 5.97 Å². The van der Waals surface area contributed by atoms with Gasteiger partial charge in [-0.2, -0.15) is 0 Å². The van der Waals surface area contributed by atoms with Crippen molar-refractivity contribution in [2.75, 3.05) is 0 Å². The van der Waals surface area contributed by atoms with Crippen molar-refractivity contribution in [3.05, 3.63) is 77.7 Å². The molecule has 0 amide bonds. The van der Waals surface area contributed by atoms with E-state index in [1.807, 2.05) is 18.2 Å². The summed E-state index contributed by atoms with van der Waals surface area (Å²) in [4.78, 5) is 28.3. The predicted octanol–water partition coefficient (Wildman–Crippen LogP) is 3.89. The third kappa shape index (κ3) is 4.07. The zero-order valence-electron chi connectivity index (χ0n) is 13.4. The van der Waals surface area contributed by atoms with Crippen LogP contribution in [0.1, 0.15) is 22.5 Å². The normalized spacial score (nSPS) is 12.0. The SMILES string of the molecule is O=C(CC(Cc1cccc(F)c1)C(=O)O)c1ccc2ccccc2n1. The molecule has 0 radical (unpaired) electrons. The fourth-order valence-corrected chi connectivity index (χ4v) is 2.74. The van der Waals surface area contributed by atoms with Crippen LogP contribution in [-0.2, 0) is 11.2 Å². The van der Waals surface area contributed by atoms with Crippen molar-refractivity contribution in [1.29, 1.82) is 0 Å². The molecule has 0 fully saturated rings. The Labute approximate surface area is 143 Å². The first kappa shape index (κ1) is 16.8. The largest absolute Gasteiger partial charge is 0.481 e.